The van der Waals surface area contributed by atoms with Gasteiger partial charge in [0.2, 0.25) is 12.0 Å². The van der Waals surface area contributed by atoms with Crippen LogP contribution < -0.4 is 14.0 Å². The first-order valence-corrected chi connectivity index (χ1v) is 8.70. The molecule has 0 bridgehead atoms. The third-order valence-electron chi connectivity index (χ3n) is 5.26. The zero-order valence-corrected chi connectivity index (χ0v) is 14.8. The van der Waals surface area contributed by atoms with Gasteiger partial charge in [0.25, 0.3) is 0 Å². The van der Waals surface area contributed by atoms with Crippen molar-refractivity contribution in [2.75, 3.05) is 14.2 Å². The molecule has 2 atom stereocenters. The molecule has 2 heterocycles. The summed E-state index contributed by atoms with van der Waals surface area (Å²) in [6, 6.07) is 14.4. The van der Waals surface area contributed by atoms with Crippen molar-refractivity contribution in [3.63, 3.8) is 0 Å². The van der Waals surface area contributed by atoms with Crippen molar-refractivity contribution in [3.8, 4) is 17.2 Å². The minimum absolute atomic E-state index is 0.155. The Bertz CT molecular complexity index is 960. The lowest BCUT2D eigenvalue weighted by Gasteiger charge is -2.23. The van der Waals surface area contributed by atoms with Gasteiger partial charge in [-0.25, -0.2) is 4.57 Å². The van der Waals surface area contributed by atoms with Gasteiger partial charge in [-0.3, -0.25) is 0 Å². The van der Waals surface area contributed by atoms with Crippen LogP contribution in [-0.2, 0) is 17.8 Å². The average Bonchev–Trinajstić information content (AvgIpc) is 3.27. The first kappa shape index (κ1) is 15.4. The van der Waals surface area contributed by atoms with Gasteiger partial charge in [0.1, 0.15) is 18.8 Å². The highest BCUT2D eigenvalue weighted by Crippen LogP contribution is 2.37. The van der Waals surface area contributed by atoms with E-state index in [9.17, 15) is 0 Å². The van der Waals surface area contributed by atoms with E-state index in [-0.39, 0.29) is 12.1 Å². The van der Waals surface area contributed by atoms with E-state index in [1.807, 2.05) is 29.2 Å². The largest absolute Gasteiger partial charge is 0.493 e. The van der Waals surface area contributed by atoms with Crippen molar-refractivity contribution in [1.29, 1.82) is 0 Å². The van der Waals surface area contributed by atoms with Gasteiger partial charge in [0, 0.05) is 11.5 Å². The van der Waals surface area contributed by atoms with Gasteiger partial charge >= 0.3 is 5.82 Å². The Labute approximate surface area is 151 Å². The highest BCUT2D eigenvalue weighted by Gasteiger charge is 2.43. The van der Waals surface area contributed by atoms with E-state index < -0.39 is 0 Å². The van der Waals surface area contributed by atoms with Crippen molar-refractivity contribution in [3.05, 3.63) is 65.7 Å². The fourth-order valence-corrected chi connectivity index (χ4v) is 4.09. The summed E-state index contributed by atoms with van der Waals surface area (Å²) >= 11 is 0. The molecule has 26 heavy (non-hydrogen) atoms. The summed E-state index contributed by atoms with van der Waals surface area (Å²) in [5.41, 5.74) is 3.46. The van der Waals surface area contributed by atoms with Crippen LogP contribution in [0.4, 0.5) is 0 Å². The maximum absolute atomic E-state index is 6.11. The normalized spacial score (nSPS) is 20.2. The molecule has 0 amide bonds. The van der Waals surface area contributed by atoms with Crippen LogP contribution in [0.15, 0.2) is 48.8 Å². The van der Waals surface area contributed by atoms with Crippen LogP contribution in [0, 0.1) is 0 Å². The second-order valence-electron chi connectivity index (χ2n) is 6.59. The summed E-state index contributed by atoms with van der Waals surface area (Å²) in [6.45, 7) is 0.500. The van der Waals surface area contributed by atoms with Gasteiger partial charge in [-0.05, 0) is 23.3 Å². The maximum Gasteiger partial charge on any atom is 0.304 e. The Morgan fingerprint density at radius 2 is 1.85 bits per heavy atom. The number of hydrogen-bond acceptors (Lipinski definition) is 4. The van der Waals surface area contributed by atoms with Gasteiger partial charge in [-0.15, -0.1) is 0 Å². The highest BCUT2D eigenvalue weighted by molar-refractivity contribution is 5.56. The van der Waals surface area contributed by atoms with Crippen molar-refractivity contribution < 1.29 is 18.8 Å². The van der Waals surface area contributed by atoms with Crippen molar-refractivity contribution in [2.24, 2.45) is 0 Å². The molecular formula is C20H20N3O3+. The van der Waals surface area contributed by atoms with Gasteiger partial charge in [0.05, 0.1) is 14.2 Å². The van der Waals surface area contributed by atoms with E-state index in [0.29, 0.717) is 18.1 Å². The smallest absolute Gasteiger partial charge is 0.304 e. The van der Waals surface area contributed by atoms with Crippen molar-refractivity contribution in [1.82, 2.24) is 9.78 Å². The van der Waals surface area contributed by atoms with E-state index in [1.54, 1.807) is 14.2 Å². The third-order valence-corrected chi connectivity index (χ3v) is 5.26. The summed E-state index contributed by atoms with van der Waals surface area (Å²) < 4.78 is 21.2. The van der Waals surface area contributed by atoms with E-state index >= 15 is 0 Å². The Balaban J connectivity index is 1.66. The van der Waals surface area contributed by atoms with Gasteiger partial charge in [-0.2, -0.15) is 0 Å². The summed E-state index contributed by atoms with van der Waals surface area (Å²) in [5, 5.41) is 4.77. The first-order chi connectivity index (χ1) is 12.8. The topological polar surface area (TPSA) is 49.4 Å². The second-order valence-corrected chi connectivity index (χ2v) is 6.59. The predicted octanol–water partition coefficient (Wildman–Crippen LogP) is 2.22. The molecule has 0 saturated heterocycles. The van der Waals surface area contributed by atoms with Gasteiger partial charge in [-0.1, -0.05) is 35.0 Å². The van der Waals surface area contributed by atoms with Crippen LogP contribution in [0.3, 0.4) is 0 Å². The molecule has 0 radical (unpaired) electrons. The summed E-state index contributed by atoms with van der Waals surface area (Å²) in [5.74, 6) is 2.33. The number of rotatable bonds is 3. The number of aromatic nitrogens is 3. The Morgan fingerprint density at radius 3 is 2.62 bits per heavy atom. The number of para-hydroxylation sites is 1. The first-order valence-electron chi connectivity index (χ1n) is 8.70. The van der Waals surface area contributed by atoms with Gasteiger partial charge < -0.3 is 14.2 Å². The molecule has 0 saturated carbocycles. The third kappa shape index (κ3) is 2.15. The fourth-order valence-electron chi connectivity index (χ4n) is 4.09. The van der Waals surface area contributed by atoms with Crippen LogP contribution in [0.25, 0.3) is 5.69 Å². The van der Waals surface area contributed by atoms with Crippen LogP contribution in [0.2, 0.25) is 0 Å². The van der Waals surface area contributed by atoms with Crippen LogP contribution in [0.5, 0.6) is 11.5 Å². The molecule has 0 unspecified atom stereocenters. The molecule has 0 spiro atoms. The Morgan fingerprint density at radius 1 is 1.08 bits per heavy atom. The Kier molecular flexibility index (Phi) is 3.46. The van der Waals surface area contributed by atoms with Crippen LogP contribution in [-0.4, -0.2) is 30.1 Å². The van der Waals surface area contributed by atoms with E-state index in [2.05, 4.69) is 28.8 Å². The maximum atomic E-state index is 6.11. The molecule has 1 aliphatic heterocycles. The number of hydrogen-bond donors (Lipinski definition) is 0. The molecule has 1 aromatic heterocycles. The van der Waals surface area contributed by atoms with Gasteiger partial charge in [0.15, 0.2) is 11.5 Å². The molecule has 1 aliphatic carbocycles. The van der Waals surface area contributed by atoms with E-state index in [4.69, 9.17) is 19.3 Å². The average molecular weight is 350 g/mol. The van der Waals surface area contributed by atoms with Crippen LogP contribution >= 0.6 is 0 Å². The summed E-state index contributed by atoms with van der Waals surface area (Å²) in [7, 11) is 3.31. The molecule has 0 N–H and O–H groups in total. The molecule has 5 rings (SSSR count). The number of fused-ring (bicyclic) bond motifs is 5. The molecular weight excluding hydrogens is 330 g/mol. The predicted molar refractivity (Wildman–Crippen MR) is 93.7 cm³/mol. The van der Waals surface area contributed by atoms with Crippen LogP contribution in [0.1, 0.15) is 23.0 Å². The van der Waals surface area contributed by atoms with Crippen molar-refractivity contribution >= 4 is 0 Å². The Hall–Kier alpha value is -2.86. The fraction of sp³-hybridized carbons (Fsp3) is 0.300. The molecule has 6 heteroatoms. The molecule has 2 aromatic carbocycles. The highest BCUT2D eigenvalue weighted by atomic mass is 16.5. The number of benzene rings is 2. The van der Waals surface area contributed by atoms with Crippen molar-refractivity contribution in [2.45, 2.75) is 25.2 Å². The lowest BCUT2D eigenvalue weighted by Crippen LogP contribution is -2.51. The zero-order valence-electron chi connectivity index (χ0n) is 14.8. The lowest BCUT2D eigenvalue weighted by molar-refractivity contribution is -0.739. The monoisotopic (exact) mass is 350 g/mol. The second kappa shape index (κ2) is 5.85. The molecule has 2 aliphatic rings. The lowest BCUT2D eigenvalue weighted by atomic mass is 10.1. The molecule has 3 aromatic rings. The van der Waals surface area contributed by atoms with E-state index in [0.717, 1.165) is 17.9 Å². The summed E-state index contributed by atoms with van der Waals surface area (Å²) in [6.07, 6.45) is 3.12. The summed E-state index contributed by atoms with van der Waals surface area (Å²) in [4.78, 5) is 0. The molecule has 0 fully saturated rings. The number of ether oxygens (including phenoxy) is 3. The quantitative estimate of drug-likeness (QED) is 0.680. The SMILES string of the molecule is COc1cccc(OC)c1-n1c[n+]2c(n1)CO[C@@H]1Cc3ccccc3[C@@H]12. The number of methoxy groups -OCH3 is 2. The van der Waals surface area contributed by atoms with E-state index in [1.165, 1.54) is 11.1 Å². The zero-order chi connectivity index (χ0) is 17.7. The minimum Gasteiger partial charge on any atom is -0.493 e. The molecule has 132 valence electrons. The molecule has 6 nitrogen and oxygen atoms in total. The number of nitrogens with zero attached hydrogens (tertiary/aromatic N) is 3. The minimum atomic E-state index is 0.155. The standard InChI is InChI=1S/C20H20N3O3/c1-24-15-8-5-9-16(25-2)20(15)23-12-22-18(21-23)11-26-17-10-13-6-3-4-7-14(13)19(17)22/h3-9,12,17,19H,10-11H2,1-2H3/q+1/t17-,19+/m1/s1.